The monoisotopic (exact) mass is 421 g/mol. The van der Waals surface area contributed by atoms with Gasteiger partial charge in [0.1, 0.15) is 18.7 Å². The second-order valence-corrected chi connectivity index (χ2v) is 7.95. The molecule has 3 N–H and O–H groups in total. The minimum absolute atomic E-state index is 0. The summed E-state index contributed by atoms with van der Waals surface area (Å²) in [4.78, 5) is 13.4. The van der Waals surface area contributed by atoms with E-state index >= 15 is 0 Å². The maximum atomic E-state index is 13.4. The third-order valence-electron chi connectivity index (χ3n) is 6.05. The second-order valence-electron chi connectivity index (χ2n) is 7.95. The van der Waals surface area contributed by atoms with Crippen molar-refractivity contribution >= 4 is 5.78 Å². The van der Waals surface area contributed by atoms with Crippen LogP contribution < -0.4 is 17.7 Å². The summed E-state index contributed by atoms with van der Waals surface area (Å²) in [5.74, 6) is -0.0406. The van der Waals surface area contributed by atoms with Gasteiger partial charge < -0.3 is 22.8 Å². The van der Waals surface area contributed by atoms with Crippen molar-refractivity contribution in [1.29, 1.82) is 0 Å². The molecule has 2 atom stereocenters. The largest absolute Gasteiger partial charge is 1.00 e. The molecule has 4 rings (SSSR count). The standard InChI is InChI=1S/C26H27NO2.ClH/c1-18(26(29)21-11-3-2-4-12-21)27-17-24(28)25-22-13-7-5-9-19(22)15-16-20-10-6-8-14-23(20)25;/h2-14,18,25-27,29H,15-17H2,1H3;1H. The number of aliphatic hydroxyl groups excluding tert-OH is 1. The third kappa shape index (κ3) is 4.65. The predicted octanol–water partition coefficient (Wildman–Crippen LogP) is 0.176. The average molecular weight is 422 g/mol. The van der Waals surface area contributed by atoms with Gasteiger partial charge in [0.05, 0.1) is 5.92 Å². The van der Waals surface area contributed by atoms with E-state index in [0.29, 0.717) is 6.54 Å². The van der Waals surface area contributed by atoms with Crippen molar-refractivity contribution in [3.8, 4) is 0 Å². The summed E-state index contributed by atoms with van der Waals surface area (Å²) in [6.07, 6.45) is 1.32. The van der Waals surface area contributed by atoms with Gasteiger partial charge in [0.25, 0.3) is 0 Å². The van der Waals surface area contributed by atoms with Crippen LogP contribution in [0.5, 0.6) is 0 Å². The molecule has 156 valence electrons. The maximum Gasteiger partial charge on any atom is 0.198 e. The summed E-state index contributed by atoms with van der Waals surface area (Å²) in [6.45, 7) is 2.32. The van der Waals surface area contributed by atoms with Crippen LogP contribution in [0.3, 0.4) is 0 Å². The topological polar surface area (TPSA) is 53.9 Å². The van der Waals surface area contributed by atoms with Crippen molar-refractivity contribution < 1.29 is 27.6 Å². The van der Waals surface area contributed by atoms with Crippen LogP contribution >= 0.6 is 0 Å². The molecular weight excluding hydrogens is 394 g/mol. The lowest BCUT2D eigenvalue weighted by atomic mass is 9.84. The van der Waals surface area contributed by atoms with Gasteiger partial charge >= 0.3 is 0 Å². The lowest BCUT2D eigenvalue weighted by Gasteiger charge is -2.21. The molecule has 3 aromatic carbocycles. The molecule has 1 aliphatic rings. The second kappa shape index (κ2) is 10.0. The van der Waals surface area contributed by atoms with Gasteiger partial charge in [0.2, 0.25) is 0 Å². The van der Waals surface area contributed by atoms with E-state index < -0.39 is 6.10 Å². The van der Waals surface area contributed by atoms with E-state index in [4.69, 9.17) is 0 Å². The highest BCUT2D eigenvalue weighted by molar-refractivity contribution is 5.90. The lowest BCUT2D eigenvalue weighted by Crippen LogP contribution is -3.00. The average Bonchev–Trinajstić information content (AvgIpc) is 2.94. The van der Waals surface area contributed by atoms with Crippen LogP contribution in [-0.4, -0.2) is 23.5 Å². The number of quaternary nitrogens is 1. The third-order valence-corrected chi connectivity index (χ3v) is 6.05. The van der Waals surface area contributed by atoms with E-state index in [1.165, 1.54) is 11.1 Å². The van der Waals surface area contributed by atoms with E-state index in [2.05, 4.69) is 36.4 Å². The Kier molecular flexibility index (Phi) is 7.43. The van der Waals surface area contributed by atoms with Crippen LogP contribution in [-0.2, 0) is 17.6 Å². The number of halogens is 1. The van der Waals surface area contributed by atoms with E-state index in [0.717, 1.165) is 29.5 Å². The number of aliphatic hydroxyl groups is 1. The summed E-state index contributed by atoms with van der Waals surface area (Å²) in [6, 6.07) is 26.2. The van der Waals surface area contributed by atoms with Gasteiger partial charge in [-0.3, -0.25) is 4.79 Å². The number of aryl methyl sites for hydroxylation is 2. The molecule has 0 bridgehead atoms. The van der Waals surface area contributed by atoms with Crippen molar-refractivity contribution in [2.24, 2.45) is 0 Å². The molecule has 0 fully saturated rings. The highest BCUT2D eigenvalue weighted by Gasteiger charge is 2.31. The summed E-state index contributed by atoms with van der Waals surface area (Å²) >= 11 is 0. The van der Waals surface area contributed by atoms with Crippen LogP contribution in [0, 0.1) is 0 Å². The fourth-order valence-electron chi connectivity index (χ4n) is 4.37. The van der Waals surface area contributed by atoms with Gasteiger partial charge in [0, 0.05) is 0 Å². The van der Waals surface area contributed by atoms with Crippen LogP contribution in [0.15, 0.2) is 78.9 Å². The summed E-state index contributed by atoms with van der Waals surface area (Å²) in [5, 5.41) is 12.6. The highest BCUT2D eigenvalue weighted by Crippen LogP contribution is 2.34. The quantitative estimate of drug-likeness (QED) is 0.596. The smallest absolute Gasteiger partial charge is 0.198 e. The van der Waals surface area contributed by atoms with E-state index in [1.807, 2.05) is 54.7 Å². The van der Waals surface area contributed by atoms with E-state index in [1.54, 1.807) is 0 Å². The van der Waals surface area contributed by atoms with Gasteiger partial charge in [-0.25, -0.2) is 0 Å². The Morgan fingerprint density at radius 3 is 1.97 bits per heavy atom. The van der Waals surface area contributed by atoms with Gasteiger partial charge in [-0.15, -0.1) is 0 Å². The molecular formula is C26H28ClNO2. The zero-order valence-corrected chi connectivity index (χ0v) is 17.9. The Morgan fingerprint density at radius 1 is 0.900 bits per heavy atom. The molecule has 0 heterocycles. The summed E-state index contributed by atoms with van der Waals surface area (Å²) in [5.41, 5.74) is 5.67. The summed E-state index contributed by atoms with van der Waals surface area (Å²) in [7, 11) is 0. The van der Waals surface area contributed by atoms with Crippen molar-refractivity contribution in [3.63, 3.8) is 0 Å². The highest BCUT2D eigenvalue weighted by atomic mass is 35.5. The molecule has 2 unspecified atom stereocenters. The molecule has 4 heteroatoms. The molecule has 3 aromatic rings. The first-order valence-electron chi connectivity index (χ1n) is 10.4. The number of hydrogen-bond acceptors (Lipinski definition) is 2. The zero-order valence-electron chi connectivity index (χ0n) is 17.2. The predicted molar refractivity (Wildman–Crippen MR) is 115 cm³/mol. The van der Waals surface area contributed by atoms with Gasteiger partial charge in [-0.2, -0.15) is 0 Å². The number of ketones is 1. The minimum Gasteiger partial charge on any atom is -1.00 e. The number of fused-ring (bicyclic) bond motifs is 2. The number of rotatable bonds is 6. The molecule has 0 aromatic heterocycles. The Bertz CT molecular complexity index is 942. The first kappa shape index (κ1) is 22.2. The van der Waals surface area contributed by atoms with Crippen molar-refractivity contribution in [3.05, 3.63) is 107 Å². The maximum absolute atomic E-state index is 13.4. The van der Waals surface area contributed by atoms with E-state index in [-0.39, 0.29) is 30.2 Å². The zero-order chi connectivity index (χ0) is 20.2. The molecule has 1 aliphatic carbocycles. The normalized spacial score (nSPS) is 15.1. The molecule has 0 saturated carbocycles. The fourth-order valence-corrected chi connectivity index (χ4v) is 4.37. The number of carbonyl (C=O) groups excluding carboxylic acids is 1. The molecule has 0 spiro atoms. The molecule has 0 saturated heterocycles. The lowest BCUT2D eigenvalue weighted by molar-refractivity contribution is -0.684. The molecule has 0 aliphatic heterocycles. The number of carbonyl (C=O) groups is 1. The van der Waals surface area contributed by atoms with Crippen LogP contribution in [0.25, 0.3) is 0 Å². The Hall–Kier alpha value is -2.46. The van der Waals surface area contributed by atoms with Gasteiger partial charge in [-0.1, -0.05) is 78.9 Å². The Labute approximate surface area is 184 Å². The van der Waals surface area contributed by atoms with Crippen LogP contribution in [0.2, 0.25) is 0 Å². The van der Waals surface area contributed by atoms with Gasteiger partial charge in [-0.05, 0) is 47.6 Å². The first-order chi connectivity index (χ1) is 14.1. The fraction of sp³-hybridized carbons (Fsp3) is 0.269. The number of benzene rings is 3. The Balaban J connectivity index is 0.00000256. The minimum atomic E-state index is -0.599. The van der Waals surface area contributed by atoms with Crippen LogP contribution in [0.1, 0.15) is 46.8 Å². The molecule has 30 heavy (non-hydrogen) atoms. The Morgan fingerprint density at radius 2 is 1.40 bits per heavy atom. The van der Waals surface area contributed by atoms with Crippen molar-refractivity contribution in [1.82, 2.24) is 0 Å². The van der Waals surface area contributed by atoms with Crippen LogP contribution in [0.4, 0.5) is 0 Å². The molecule has 3 nitrogen and oxygen atoms in total. The molecule has 0 radical (unpaired) electrons. The van der Waals surface area contributed by atoms with Crippen molar-refractivity contribution in [2.75, 3.05) is 6.54 Å². The number of Topliss-reactive ketones (excluding diaryl/α,β-unsaturated/α-hetero) is 1. The number of hydrogen-bond donors (Lipinski definition) is 2. The van der Waals surface area contributed by atoms with E-state index in [9.17, 15) is 9.90 Å². The SMILES string of the molecule is CC([NH2+]CC(=O)C1c2ccccc2CCc2ccccc21)C(O)c1ccccc1.[Cl-]. The van der Waals surface area contributed by atoms with Gasteiger partial charge in [0.15, 0.2) is 5.78 Å². The summed E-state index contributed by atoms with van der Waals surface area (Å²) < 4.78 is 0. The number of nitrogens with two attached hydrogens (primary N) is 1. The molecule has 0 amide bonds. The van der Waals surface area contributed by atoms with Crippen molar-refractivity contribution in [2.45, 2.75) is 37.8 Å². The first-order valence-corrected chi connectivity index (χ1v) is 10.4.